The van der Waals surface area contributed by atoms with Crippen molar-refractivity contribution >= 4 is 0 Å². The molecule has 1 heterocycles. The Bertz CT molecular complexity index is 320. The first-order valence-corrected chi connectivity index (χ1v) is 6.21. The molecule has 1 atom stereocenters. The lowest BCUT2D eigenvalue weighted by Gasteiger charge is -2.19. The Morgan fingerprint density at radius 3 is 2.62 bits per heavy atom. The molecule has 1 aromatic carbocycles. The first kappa shape index (κ1) is 11.5. The third-order valence-electron chi connectivity index (χ3n) is 3.22. The number of para-hydroxylation sites is 1. The van der Waals surface area contributed by atoms with Gasteiger partial charge in [-0.15, -0.1) is 0 Å². The number of benzene rings is 1. The predicted octanol–water partition coefficient (Wildman–Crippen LogP) is 2.82. The quantitative estimate of drug-likeness (QED) is 0.826. The van der Waals surface area contributed by atoms with E-state index in [2.05, 4.69) is 37.4 Å². The van der Waals surface area contributed by atoms with Gasteiger partial charge in [-0.2, -0.15) is 0 Å². The third kappa shape index (κ3) is 2.76. The Balaban J connectivity index is 2.07. The molecule has 0 bridgehead atoms. The van der Waals surface area contributed by atoms with Crippen molar-refractivity contribution in [3.05, 3.63) is 29.3 Å². The van der Waals surface area contributed by atoms with Crippen LogP contribution in [0.1, 0.15) is 30.4 Å². The molecule has 16 heavy (non-hydrogen) atoms. The van der Waals surface area contributed by atoms with Crippen LogP contribution in [0.2, 0.25) is 0 Å². The Morgan fingerprint density at radius 2 is 1.88 bits per heavy atom. The maximum atomic E-state index is 6.16. The van der Waals surface area contributed by atoms with Gasteiger partial charge in [0.2, 0.25) is 0 Å². The van der Waals surface area contributed by atoms with Crippen molar-refractivity contribution in [2.45, 2.75) is 39.2 Å². The summed E-state index contributed by atoms with van der Waals surface area (Å²) in [6, 6.07) is 6.33. The monoisotopic (exact) mass is 219 g/mol. The lowest BCUT2D eigenvalue weighted by molar-refractivity contribution is 0.185. The third-order valence-corrected chi connectivity index (χ3v) is 3.22. The van der Waals surface area contributed by atoms with Crippen molar-refractivity contribution in [1.82, 2.24) is 5.32 Å². The molecule has 1 saturated heterocycles. The topological polar surface area (TPSA) is 21.3 Å². The first-order chi connectivity index (χ1) is 7.77. The fraction of sp³-hybridized carbons (Fsp3) is 0.571. The summed E-state index contributed by atoms with van der Waals surface area (Å²) in [5.41, 5.74) is 2.49. The lowest BCUT2D eigenvalue weighted by Crippen LogP contribution is -2.20. The second kappa shape index (κ2) is 5.35. The van der Waals surface area contributed by atoms with Gasteiger partial charge in [0, 0.05) is 0 Å². The van der Waals surface area contributed by atoms with Crippen molar-refractivity contribution in [2.24, 2.45) is 0 Å². The van der Waals surface area contributed by atoms with E-state index in [1.807, 2.05) is 0 Å². The van der Waals surface area contributed by atoms with E-state index in [0.717, 1.165) is 25.3 Å². The average Bonchev–Trinajstić information content (AvgIpc) is 2.52. The number of hydrogen-bond acceptors (Lipinski definition) is 2. The molecule has 1 aliphatic rings. The van der Waals surface area contributed by atoms with Gasteiger partial charge >= 0.3 is 0 Å². The normalized spacial score (nSPS) is 21.5. The van der Waals surface area contributed by atoms with Gasteiger partial charge in [0.05, 0.1) is 6.10 Å². The van der Waals surface area contributed by atoms with E-state index in [1.54, 1.807) is 0 Å². The van der Waals surface area contributed by atoms with Crippen LogP contribution in [-0.4, -0.2) is 19.2 Å². The van der Waals surface area contributed by atoms with Crippen LogP contribution in [0.15, 0.2) is 18.2 Å². The first-order valence-electron chi connectivity index (χ1n) is 6.21. The van der Waals surface area contributed by atoms with Crippen LogP contribution in [0.3, 0.4) is 0 Å². The van der Waals surface area contributed by atoms with Crippen molar-refractivity contribution in [3.63, 3.8) is 0 Å². The molecule has 2 nitrogen and oxygen atoms in total. The van der Waals surface area contributed by atoms with E-state index in [-0.39, 0.29) is 0 Å². The summed E-state index contributed by atoms with van der Waals surface area (Å²) in [7, 11) is 0. The zero-order chi connectivity index (χ0) is 11.4. The smallest absolute Gasteiger partial charge is 0.125 e. The van der Waals surface area contributed by atoms with Crippen molar-refractivity contribution in [3.8, 4) is 5.75 Å². The highest BCUT2D eigenvalue weighted by atomic mass is 16.5. The average molecular weight is 219 g/mol. The van der Waals surface area contributed by atoms with Gasteiger partial charge in [-0.3, -0.25) is 0 Å². The Kier molecular flexibility index (Phi) is 3.83. The summed E-state index contributed by atoms with van der Waals surface area (Å²) in [5.74, 6) is 1.09. The second-order valence-corrected chi connectivity index (χ2v) is 4.64. The van der Waals surface area contributed by atoms with Gasteiger partial charge in [-0.1, -0.05) is 18.2 Å². The zero-order valence-corrected chi connectivity index (χ0v) is 10.3. The minimum atomic E-state index is 0.384. The van der Waals surface area contributed by atoms with Gasteiger partial charge < -0.3 is 10.1 Å². The molecule has 2 heteroatoms. The zero-order valence-electron chi connectivity index (χ0n) is 10.3. The van der Waals surface area contributed by atoms with E-state index in [1.165, 1.54) is 24.0 Å². The lowest BCUT2D eigenvalue weighted by atomic mass is 10.1. The number of hydrogen-bond donors (Lipinski definition) is 1. The number of ether oxygens (including phenoxy) is 1. The summed E-state index contributed by atoms with van der Waals surface area (Å²) < 4.78 is 6.16. The molecule has 0 amide bonds. The number of aryl methyl sites for hydroxylation is 2. The second-order valence-electron chi connectivity index (χ2n) is 4.64. The minimum absolute atomic E-state index is 0.384. The van der Waals surface area contributed by atoms with E-state index < -0.39 is 0 Å². The van der Waals surface area contributed by atoms with Gasteiger partial charge in [-0.25, -0.2) is 0 Å². The summed E-state index contributed by atoms with van der Waals surface area (Å²) in [4.78, 5) is 0. The predicted molar refractivity (Wildman–Crippen MR) is 67.1 cm³/mol. The van der Waals surface area contributed by atoms with Gasteiger partial charge in [0.1, 0.15) is 5.75 Å². The molecular weight excluding hydrogens is 198 g/mol. The van der Waals surface area contributed by atoms with Crippen LogP contribution in [0.4, 0.5) is 0 Å². The van der Waals surface area contributed by atoms with Crippen LogP contribution >= 0.6 is 0 Å². The Hall–Kier alpha value is -1.02. The van der Waals surface area contributed by atoms with Crippen LogP contribution < -0.4 is 10.1 Å². The van der Waals surface area contributed by atoms with Crippen LogP contribution in [0.5, 0.6) is 5.75 Å². The molecule has 0 saturated carbocycles. The molecular formula is C14H21NO. The summed E-state index contributed by atoms with van der Waals surface area (Å²) in [6.45, 7) is 6.46. The molecule has 1 N–H and O–H groups in total. The summed E-state index contributed by atoms with van der Waals surface area (Å²) in [6.07, 6.45) is 3.89. The van der Waals surface area contributed by atoms with Crippen molar-refractivity contribution in [2.75, 3.05) is 13.1 Å². The molecule has 0 radical (unpaired) electrons. The largest absolute Gasteiger partial charge is 0.490 e. The summed E-state index contributed by atoms with van der Waals surface area (Å²) >= 11 is 0. The number of rotatable bonds is 2. The van der Waals surface area contributed by atoms with Crippen molar-refractivity contribution in [1.29, 1.82) is 0 Å². The highest BCUT2D eigenvalue weighted by Crippen LogP contribution is 2.25. The maximum absolute atomic E-state index is 6.16. The standard InChI is InChI=1S/C14H21NO/c1-11-5-3-6-12(2)14(11)16-13-7-4-9-15-10-8-13/h3,5-6,13,15H,4,7-10H2,1-2H3. The van der Waals surface area contributed by atoms with Gasteiger partial charge in [0.15, 0.2) is 0 Å². The fourth-order valence-corrected chi connectivity index (χ4v) is 2.26. The van der Waals surface area contributed by atoms with E-state index >= 15 is 0 Å². The number of nitrogens with one attached hydrogen (secondary N) is 1. The highest BCUT2D eigenvalue weighted by molar-refractivity contribution is 5.39. The minimum Gasteiger partial charge on any atom is -0.490 e. The van der Waals surface area contributed by atoms with Crippen LogP contribution in [-0.2, 0) is 0 Å². The van der Waals surface area contributed by atoms with E-state index in [9.17, 15) is 0 Å². The van der Waals surface area contributed by atoms with Gasteiger partial charge in [0.25, 0.3) is 0 Å². The molecule has 0 aromatic heterocycles. The van der Waals surface area contributed by atoms with E-state index in [4.69, 9.17) is 4.74 Å². The van der Waals surface area contributed by atoms with E-state index in [0.29, 0.717) is 6.10 Å². The molecule has 1 unspecified atom stereocenters. The van der Waals surface area contributed by atoms with Crippen molar-refractivity contribution < 1.29 is 4.74 Å². The SMILES string of the molecule is Cc1cccc(C)c1OC1CCCNCC1. The van der Waals surface area contributed by atoms with Crippen LogP contribution in [0.25, 0.3) is 0 Å². The Labute approximate surface area is 98.0 Å². The molecule has 2 rings (SSSR count). The Morgan fingerprint density at radius 1 is 1.12 bits per heavy atom. The fourth-order valence-electron chi connectivity index (χ4n) is 2.26. The molecule has 1 fully saturated rings. The molecule has 0 aliphatic carbocycles. The molecule has 0 spiro atoms. The van der Waals surface area contributed by atoms with Gasteiger partial charge in [-0.05, 0) is 57.3 Å². The highest BCUT2D eigenvalue weighted by Gasteiger charge is 2.15. The molecule has 88 valence electrons. The summed E-state index contributed by atoms with van der Waals surface area (Å²) in [5, 5.41) is 3.41. The van der Waals surface area contributed by atoms with Crippen LogP contribution in [0, 0.1) is 13.8 Å². The molecule has 1 aromatic rings. The molecule has 1 aliphatic heterocycles. The maximum Gasteiger partial charge on any atom is 0.125 e.